The molecule has 0 N–H and O–H groups in total. The molecule has 0 spiro atoms. The number of benzene rings is 1. The zero-order valence-electron chi connectivity index (χ0n) is 14.5. The number of aryl methyl sites for hydroxylation is 1. The topological polar surface area (TPSA) is 46.8 Å². The van der Waals surface area contributed by atoms with Gasteiger partial charge in [0.2, 0.25) is 0 Å². The first kappa shape index (κ1) is 16.4. The molecule has 0 saturated carbocycles. The Labute approximate surface area is 152 Å². The third-order valence-corrected chi connectivity index (χ3v) is 5.78. The molecule has 1 aromatic carbocycles. The minimum atomic E-state index is 0.653. The van der Waals surface area contributed by atoms with E-state index in [0.29, 0.717) is 5.92 Å². The largest absolute Gasteiger partial charge is 0.298 e. The second kappa shape index (κ2) is 7.45. The van der Waals surface area contributed by atoms with Crippen LogP contribution in [0.25, 0.3) is 10.6 Å². The Morgan fingerprint density at radius 3 is 2.92 bits per heavy atom. The van der Waals surface area contributed by atoms with Gasteiger partial charge in [-0.2, -0.15) is 0 Å². The summed E-state index contributed by atoms with van der Waals surface area (Å²) in [7, 11) is 0. The van der Waals surface area contributed by atoms with Gasteiger partial charge in [0.25, 0.3) is 0 Å². The molecular weight excluding hydrogens is 330 g/mol. The Hall–Kier alpha value is -2.05. The van der Waals surface area contributed by atoms with Crippen LogP contribution in [-0.2, 0) is 13.1 Å². The van der Waals surface area contributed by atoms with E-state index >= 15 is 0 Å². The minimum Gasteiger partial charge on any atom is -0.298 e. The molecule has 3 aromatic rings. The predicted octanol–water partition coefficient (Wildman–Crippen LogP) is 3.62. The molecular formula is C19H23N5S. The van der Waals surface area contributed by atoms with E-state index < -0.39 is 0 Å². The first-order chi connectivity index (χ1) is 12.3. The molecule has 0 amide bonds. The monoisotopic (exact) mass is 353 g/mol. The van der Waals surface area contributed by atoms with Crippen LogP contribution in [-0.4, -0.2) is 38.0 Å². The van der Waals surface area contributed by atoms with Gasteiger partial charge >= 0.3 is 0 Å². The Morgan fingerprint density at radius 1 is 1.24 bits per heavy atom. The van der Waals surface area contributed by atoms with Crippen molar-refractivity contribution in [2.75, 3.05) is 13.1 Å². The van der Waals surface area contributed by atoms with Gasteiger partial charge in [0.05, 0.1) is 6.20 Å². The van der Waals surface area contributed by atoms with E-state index in [1.54, 1.807) is 6.20 Å². The number of aromatic nitrogens is 4. The Balaban J connectivity index is 1.37. The van der Waals surface area contributed by atoms with Crippen LogP contribution in [0.15, 0.2) is 42.9 Å². The molecule has 2 aromatic heterocycles. The quantitative estimate of drug-likeness (QED) is 0.703. The summed E-state index contributed by atoms with van der Waals surface area (Å²) in [5.41, 5.74) is 2.50. The van der Waals surface area contributed by atoms with E-state index in [1.165, 1.54) is 35.4 Å². The summed E-state index contributed by atoms with van der Waals surface area (Å²) in [6.45, 7) is 6.37. The summed E-state index contributed by atoms with van der Waals surface area (Å²) in [5, 5.41) is 9.12. The highest BCUT2D eigenvalue weighted by atomic mass is 32.1. The summed E-state index contributed by atoms with van der Waals surface area (Å²) in [5.74, 6) is 0.653. The van der Waals surface area contributed by atoms with Crippen LogP contribution < -0.4 is 0 Å². The molecule has 130 valence electrons. The smallest absolute Gasteiger partial charge is 0.123 e. The number of hydrogen-bond donors (Lipinski definition) is 0. The highest BCUT2D eigenvalue weighted by Gasteiger charge is 2.21. The number of hydrogen-bond acceptors (Lipinski definition) is 5. The van der Waals surface area contributed by atoms with Crippen LogP contribution >= 0.6 is 11.3 Å². The van der Waals surface area contributed by atoms with Crippen molar-refractivity contribution in [3.05, 3.63) is 53.3 Å². The Bertz CT molecular complexity index is 794. The van der Waals surface area contributed by atoms with Crippen LogP contribution in [0.4, 0.5) is 0 Å². The summed E-state index contributed by atoms with van der Waals surface area (Å²) in [6, 6.07) is 8.62. The molecule has 1 aliphatic rings. The van der Waals surface area contributed by atoms with Crippen LogP contribution in [0, 0.1) is 12.8 Å². The molecule has 1 saturated heterocycles. The van der Waals surface area contributed by atoms with Gasteiger partial charge in [-0.3, -0.25) is 9.58 Å². The van der Waals surface area contributed by atoms with Gasteiger partial charge in [0, 0.05) is 42.5 Å². The maximum absolute atomic E-state index is 4.63. The fourth-order valence-electron chi connectivity index (χ4n) is 3.47. The summed E-state index contributed by atoms with van der Waals surface area (Å²) in [6.07, 6.45) is 8.28. The lowest BCUT2D eigenvalue weighted by atomic mass is 9.98. The maximum atomic E-state index is 4.63. The van der Waals surface area contributed by atoms with Gasteiger partial charge in [0.1, 0.15) is 5.01 Å². The molecule has 1 aliphatic heterocycles. The average molecular weight is 353 g/mol. The van der Waals surface area contributed by atoms with Crippen molar-refractivity contribution in [1.29, 1.82) is 0 Å². The van der Waals surface area contributed by atoms with Crippen molar-refractivity contribution in [2.45, 2.75) is 32.9 Å². The van der Waals surface area contributed by atoms with Gasteiger partial charge in [0.15, 0.2) is 0 Å². The summed E-state index contributed by atoms with van der Waals surface area (Å²) in [4.78, 5) is 8.53. The van der Waals surface area contributed by atoms with E-state index in [1.807, 2.05) is 28.4 Å². The van der Waals surface area contributed by atoms with Crippen molar-refractivity contribution < 1.29 is 0 Å². The van der Waals surface area contributed by atoms with Gasteiger partial charge in [-0.05, 0) is 32.2 Å². The lowest BCUT2D eigenvalue weighted by molar-refractivity contribution is 0.154. The van der Waals surface area contributed by atoms with Crippen molar-refractivity contribution >= 4 is 11.3 Å². The molecule has 0 bridgehead atoms. The fourth-order valence-corrected chi connectivity index (χ4v) is 4.43. The molecule has 3 heterocycles. The summed E-state index contributed by atoms with van der Waals surface area (Å²) >= 11 is 1.81. The maximum Gasteiger partial charge on any atom is 0.123 e. The first-order valence-electron chi connectivity index (χ1n) is 8.84. The van der Waals surface area contributed by atoms with E-state index in [0.717, 1.165) is 24.6 Å². The highest BCUT2D eigenvalue weighted by molar-refractivity contribution is 7.15. The van der Waals surface area contributed by atoms with Gasteiger partial charge in [-0.25, -0.2) is 4.98 Å². The standard InChI is InChI=1S/C19H23N5S/c1-15-4-6-17(7-5-15)19-20-11-18(25-19)14-23-9-2-3-16(12-23)13-24-10-8-21-22-24/h4-8,10-11,16H,2-3,9,12-14H2,1H3/t16-/m1/s1. The number of likely N-dealkylation sites (tertiary alicyclic amines) is 1. The number of thiazole rings is 1. The second-order valence-corrected chi connectivity index (χ2v) is 7.98. The molecule has 6 heteroatoms. The van der Waals surface area contributed by atoms with Gasteiger partial charge in [-0.15, -0.1) is 16.4 Å². The lowest BCUT2D eigenvalue weighted by Crippen LogP contribution is -2.36. The van der Waals surface area contributed by atoms with Crippen molar-refractivity contribution in [2.24, 2.45) is 5.92 Å². The molecule has 0 unspecified atom stereocenters. The second-order valence-electron chi connectivity index (χ2n) is 6.87. The van der Waals surface area contributed by atoms with E-state index in [4.69, 9.17) is 0 Å². The molecule has 4 rings (SSSR count). The Kier molecular flexibility index (Phi) is 4.90. The minimum absolute atomic E-state index is 0.653. The molecule has 1 atom stereocenters. The average Bonchev–Trinajstić information content (AvgIpc) is 3.28. The molecule has 5 nitrogen and oxygen atoms in total. The number of piperidine rings is 1. The third-order valence-electron chi connectivity index (χ3n) is 4.75. The van der Waals surface area contributed by atoms with E-state index in [-0.39, 0.29) is 0 Å². The van der Waals surface area contributed by atoms with Crippen molar-refractivity contribution in [3.63, 3.8) is 0 Å². The predicted molar refractivity (Wildman–Crippen MR) is 100 cm³/mol. The van der Waals surface area contributed by atoms with Crippen molar-refractivity contribution in [1.82, 2.24) is 24.9 Å². The van der Waals surface area contributed by atoms with Crippen molar-refractivity contribution in [3.8, 4) is 10.6 Å². The highest BCUT2D eigenvalue weighted by Crippen LogP contribution is 2.27. The van der Waals surface area contributed by atoms with Crippen LogP contribution in [0.5, 0.6) is 0 Å². The van der Waals surface area contributed by atoms with Crippen LogP contribution in [0.3, 0.4) is 0 Å². The number of nitrogens with zero attached hydrogens (tertiary/aromatic N) is 5. The number of rotatable bonds is 5. The van der Waals surface area contributed by atoms with E-state index in [9.17, 15) is 0 Å². The third kappa shape index (κ3) is 4.14. The van der Waals surface area contributed by atoms with E-state index in [2.05, 4.69) is 51.4 Å². The zero-order valence-corrected chi connectivity index (χ0v) is 15.3. The fraction of sp³-hybridized carbons (Fsp3) is 0.421. The van der Waals surface area contributed by atoms with Gasteiger partial charge < -0.3 is 0 Å². The van der Waals surface area contributed by atoms with Crippen LogP contribution in [0.1, 0.15) is 23.3 Å². The molecule has 0 aliphatic carbocycles. The molecule has 1 fully saturated rings. The normalized spacial score (nSPS) is 18.5. The van der Waals surface area contributed by atoms with Crippen LogP contribution in [0.2, 0.25) is 0 Å². The summed E-state index contributed by atoms with van der Waals surface area (Å²) < 4.78 is 1.95. The molecule has 0 radical (unpaired) electrons. The SMILES string of the molecule is Cc1ccc(-c2ncc(CN3CCC[C@@H](Cn4ccnn4)C3)s2)cc1. The Morgan fingerprint density at radius 2 is 2.12 bits per heavy atom. The molecule has 25 heavy (non-hydrogen) atoms. The zero-order chi connectivity index (χ0) is 17.1. The van der Waals surface area contributed by atoms with Gasteiger partial charge in [-0.1, -0.05) is 35.0 Å². The lowest BCUT2D eigenvalue weighted by Gasteiger charge is -2.32. The first-order valence-corrected chi connectivity index (χ1v) is 9.66.